The van der Waals surface area contributed by atoms with E-state index in [1.165, 1.54) is 0 Å². The topological polar surface area (TPSA) is 43.0 Å². The molecule has 0 aromatic heterocycles. The summed E-state index contributed by atoms with van der Waals surface area (Å²) in [5.74, 6) is 2.20. The molecule has 0 heterocycles. The van der Waals surface area contributed by atoms with Crippen LogP contribution >= 0.6 is 0 Å². The summed E-state index contributed by atoms with van der Waals surface area (Å²) in [5, 5.41) is 3.51. The van der Waals surface area contributed by atoms with Crippen LogP contribution in [-0.2, 0) is 6.54 Å². The lowest BCUT2D eigenvalue weighted by Gasteiger charge is -2.21. The maximum atomic E-state index is 5.44. The first-order valence-corrected chi connectivity index (χ1v) is 7.26. The molecule has 1 aromatic carbocycles. The number of rotatable bonds is 9. The van der Waals surface area contributed by atoms with Crippen molar-refractivity contribution in [2.24, 2.45) is 0 Å². The number of benzene rings is 1. The lowest BCUT2D eigenvalue weighted by atomic mass is 10.1. The number of hydrogen-bond donors (Lipinski definition) is 1. The first kappa shape index (κ1) is 17.6. The molecule has 5 heteroatoms. The average Bonchev–Trinajstić information content (AvgIpc) is 2.51. The molecule has 0 aliphatic carbocycles. The van der Waals surface area contributed by atoms with E-state index in [0.717, 1.165) is 30.9 Å². The lowest BCUT2D eigenvalue weighted by Crippen LogP contribution is -2.37. The molecule has 120 valence electrons. The quantitative estimate of drug-likeness (QED) is 0.756. The molecule has 0 saturated carbocycles. The van der Waals surface area contributed by atoms with Crippen LogP contribution in [0.15, 0.2) is 12.1 Å². The maximum absolute atomic E-state index is 5.44. The molecule has 21 heavy (non-hydrogen) atoms. The molecule has 0 aliphatic rings. The number of ether oxygens (including phenoxy) is 3. The zero-order chi connectivity index (χ0) is 15.8. The molecule has 1 atom stereocenters. The van der Waals surface area contributed by atoms with Gasteiger partial charge in [0.15, 0.2) is 11.5 Å². The molecule has 1 N–H and O–H groups in total. The summed E-state index contributed by atoms with van der Waals surface area (Å²) in [6.45, 7) is 7.11. The monoisotopic (exact) mass is 296 g/mol. The van der Waals surface area contributed by atoms with Gasteiger partial charge in [-0.1, -0.05) is 6.92 Å². The Morgan fingerprint density at radius 2 is 1.62 bits per heavy atom. The highest BCUT2D eigenvalue weighted by molar-refractivity contribution is 5.50. The second kappa shape index (κ2) is 8.74. The number of methoxy groups -OCH3 is 3. The summed E-state index contributed by atoms with van der Waals surface area (Å²) in [6.07, 6.45) is 0. The van der Waals surface area contributed by atoms with E-state index in [1.807, 2.05) is 12.1 Å². The molecule has 5 nitrogen and oxygen atoms in total. The fourth-order valence-corrected chi connectivity index (χ4v) is 2.18. The van der Waals surface area contributed by atoms with Gasteiger partial charge in [0.2, 0.25) is 0 Å². The minimum Gasteiger partial charge on any atom is -0.496 e. The van der Waals surface area contributed by atoms with E-state index >= 15 is 0 Å². The molecule has 0 saturated heterocycles. The van der Waals surface area contributed by atoms with Gasteiger partial charge < -0.3 is 24.4 Å². The Kier molecular flexibility index (Phi) is 7.32. The fourth-order valence-electron chi connectivity index (χ4n) is 2.18. The normalized spacial score (nSPS) is 12.3. The van der Waals surface area contributed by atoms with Gasteiger partial charge in [0.1, 0.15) is 5.75 Å². The summed E-state index contributed by atoms with van der Waals surface area (Å²) in [4.78, 5) is 2.28. The van der Waals surface area contributed by atoms with Crippen LogP contribution in [-0.4, -0.2) is 52.4 Å². The van der Waals surface area contributed by atoms with Crippen LogP contribution < -0.4 is 19.5 Å². The van der Waals surface area contributed by atoms with Crippen molar-refractivity contribution < 1.29 is 14.2 Å². The Morgan fingerprint density at radius 1 is 1.05 bits per heavy atom. The molecular formula is C16H28N2O3. The van der Waals surface area contributed by atoms with Crippen LogP contribution in [0.3, 0.4) is 0 Å². The first-order valence-electron chi connectivity index (χ1n) is 7.26. The van der Waals surface area contributed by atoms with Gasteiger partial charge in [0.25, 0.3) is 0 Å². The number of hydrogen-bond acceptors (Lipinski definition) is 5. The highest BCUT2D eigenvalue weighted by Crippen LogP contribution is 2.34. The predicted molar refractivity (Wildman–Crippen MR) is 85.6 cm³/mol. The predicted octanol–water partition coefficient (Wildman–Crippen LogP) is 2.14. The minimum absolute atomic E-state index is 0.396. The number of nitrogens with zero attached hydrogens (tertiary/aromatic N) is 1. The van der Waals surface area contributed by atoms with Gasteiger partial charge in [-0.05, 0) is 26.6 Å². The summed E-state index contributed by atoms with van der Waals surface area (Å²) in [6, 6.07) is 4.22. The Balaban J connectivity index is 2.77. The second-order valence-electron chi connectivity index (χ2n) is 5.16. The van der Waals surface area contributed by atoms with Gasteiger partial charge in [-0.3, -0.25) is 0 Å². The number of likely N-dealkylation sites (N-methyl/N-ethyl adjacent to an activating group) is 1. The molecule has 1 unspecified atom stereocenters. The Labute approximate surface area is 128 Å². The van der Waals surface area contributed by atoms with Crippen molar-refractivity contribution >= 4 is 0 Å². The highest BCUT2D eigenvalue weighted by Gasteiger charge is 2.13. The van der Waals surface area contributed by atoms with E-state index in [9.17, 15) is 0 Å². The van der Waals surface area contributed by atoms with Gasteiger partial charge in [0.05, 0.1) is 21.3 Å². The Morgan fingerprint density at radius 3 is 2.14 bits per heavy atom. The second-order valence-corrected chi connectivity index (χ2v) is 5.16. The third kappa shape index (κ3) is 5.10. The van der Waals surface area contributed by atoms with E-state index in [4.69, 9.17) is 14.2 Å². The summed E-state index contributed by atoms with van der Waals surface area (Å²) in [5.41, 5.74) is 1.06. The van der Waals surface area contributed by atoms with E-state index < -0.39 is 0 Å². The van der Waals surface area contributed by atoms with Crippen LogP contribution in [0, 0.1) is 0 Å². The van der Waals surface area contributed by atoms with Crippen molar-refractivity contribution in [2.45, 2.75) is 26.4 Å². The van der Waals surface area contributed by atoms with Gasteiger partial charge in [0, 0.05) is 30.8 Å². The van der Waals surface area contributed by atoms with Crippen LogP contribution in [0.2, 0.25) is 0 Å². The zero-order valence-electron chi connectivity index (χ0n) is 14.0. The zero-order valence-corrected chi connectivity index (χ0v) is 14.0. The molecule has 1 aromatic rings. The molecule has 0 amide bonds. The molecular weight excluding hydrogens is 268 g/mol. The van der Waals surface area contributed by atoms with Crippen LogP contribution in [0.4, 0.5) is 0 Å². The first-order chi connectivity index (χ1) is 10.0. The van der Waals surface area contributed by atoms with Crippen LogP contribution in [0.1, 0.15) is 19.4 Å². The van der Waals surface area contributed by atoms with Gasteiger partial charge >= 0.3 is 0 Å². The maximum Gasteiger partial charge on any atom is 0.164 e. The molecule has 0 radical (unpaired) electrons. The Bertz CT molecular complexity index is 438. The molecule has 1 rings (SSSR count). The van der Waals surface area contributed by atoms with Gasteiger partial charge in [-0.2, -0.15) is 0 Å². The van der Waals surface area contributed by atoms with E-state index in [-0.39, 0.29) is 0 Å². The van der Waals surface area contributed by atoms with Crippen molar-refractivity contribution in [3.63, 3.8) is 0 Å². The van der Waals surface area contributed by atoms with Gasteiger partial charge in [-0.15, -0.1) is 0 Å². The standard InChI is InChI=1S/C16H28N2O3/c1-7-18(3)11-12(2)17-10-13-8-15(20-5)16(21-6)9-14(13)19-4/h8-9,12,17H,7,10-11H2,1-6H3. The van der Waals surface area contributed by atoms with E-state index in [2.05, 4.69) is 31.1 Å². The fraction of sp³-hybridized carbons (Fsp3) is 0.625. The smallest absolute Gasteiger partial charge is 0.164 e. The van der Waals surface area contributed by atoms with Crippen LogP contribution in [0.25, 0.3) is 0 Å². The SMILES string of the molecule is CCN(C)CC(C)NCc1cc(OC)c(OC)cc1OC. The van der Waals surface area contributed by atoms with E-state index in [1.54, 1.807) is 21.3 Å². The van der Waals surface area contributed by atoms with Crippen molar-refractivity contribution in [1.29, 1.82) is 0 Å². The largest absolute Gasteiger partial charge is 0.496 e. The molecule has 0 bridgehead atoms. The lowest BCUT2D eigenvalue weighted by molar-refractivity contribution is 0.307. The van der Waals surface area contributed by atoms with E-state index in [0.29, 0.717) is 17.5 Å². The third-order valence-electron chi connectivity index (χ3n) is 3.55. The van der Waals surface area contributed by atoms with Crippen molar-refractivity contribution in [3.05, 3.63) is 17.7 Å². The summed E-state index contributed by atoms with van der Waals surface area (Å²) in [7, 11) is 7.05. The third-order valence-corrected chi connectivity index (χ3v) is 3.55. The molecule has 0 aliphatic heterocycles. The molecule has 0 fully saturated rings. The average molecular weight is 296 g/mol. The van der Waals surface area contributed by atoms with Crippen LogP contribution in [0.5, 0.6) is 17.2 Å². The van der Waals surface area contributed by atoms with Crippen molar-refractivity contribution in [2.75, 3.05) is 41.5 Å². The molecule has 0 spiro atoms. The van der Waals surface area contributed by atoms with Gasteiger partial charge in [-0.25, -0.2) is 0 Å². The summed E-state index contributed by atoms with van der Waals surface area (Å²) >= 11 is 0. The Hall–Kier alpha value is -1.46. The summed E-state index contributed by atoms with van der Waals surface area (Å²) < 4.78 is 16.1. The highest BCUT2D eigenvalue weighted by atomic mass is 16.5. The minimum atomic E-state index is 0.396. The van der Waals surface area contributed by atoms with Crippen molar-refractivity contribution in [3.8, 4) is 17.2 Å². The van der Waals surface area contributed by atoms with Crippen molar-refractivity contribution in [1.82, 2.24) is 10.2 Å². The number of nitrogens with one attached hydrogen (secondary N) is 1.